The number of ether oxygens (including phenoxy) is 2. The average molecular weight is 1550 g/mol. The Balaban J connectivity index is 0. The summed E-state index contributed by atoms with van der Waals surface area (Å²) >= 11 is 12.8. The van der Waals surface area contributed by atoms with Gasteiger partial charge in [0.25, 0.3) is 11.8 Å². The van der Waals surface area contributed by atoms with Gasteiger partial charge in [0.05, 0.1) is 23.9 Å². The number of halogens is 10. The number of nitrogens with two attached hydrogens (primary N) is 2. The molecule has 0 aliphatic carbocycles. The van der Waals surface area contributed by atoms with Crippen molar-refractivity contribution in [3.05, 3.63) is 154 Å². The smallest absolute Gasteiger partial charge is 0.328 e. The van der Waals surface area contributed by atoms with Crippen molar-refractivity contribution < 1.29 is 59.3 Å². The minimum atomic E-state index is -2.78. The molecule has 4 aromatic heterocycles. The zero-order chi connectivity index (χ0) is 69.7. The van der Waals surface area contributed by atoms with Crippen molar-refractivity contribution in [1.29, 1.82) is 0 Å². The number of rotatable bonds is 18. The SMILES string of the molecule is C.C.C.CN1CC(F)(F)C[C@H]1COc1nc(N)c2cnc(-c3cccc4cccc(Cl)c34)c(F)c2n1.CN1CC(F)(F)C[C@H]1COc1nc(N)c2cnc(-c3cccc4cccc(Cl)c34)c(F)c2n1.O=C(O)/C=C/CF.S.S.S.S.[C-]#[N+]C[C@@H](C)CCC.[C-]#[N+]C[C@@H](C)N(CC)C(=O)/C=C/CF. The lowest BCUT2D eigenvalue weighted by Crippen LogP contribution is -2.38. The van der Waals surface area contributed by atoms with Crippen molar-refractivity contribution in [2.45, 2.75) is 106 Å². The molecule has 2 aliphatic rings. The number of benzene rings is 4. The summed E-state index contributed by atoms with van der Waals surface area (Å²) in [6.45, 7) is 20.5. The summed E-state index contributed by atoms with van der Waals surface area (Å²) in [6.07, 6.45) is 8.61. The van der Waals surface area contributed by atoms with Crippen LogP contribution in [-0.4, -0.2) is 165 Å². The number of aromatic nitrogens is 6. The van der Waals surface area contributed by atoms with E-state index in [1.54, 1.807) is 55.4 Å². The fourth-order valence-corrected chi connectivity index (χ4v) is 11.0. The van der Waals surface area contributed by atoms with Crippen molar-refractivity contribution in [3.8, 4) is 34.5 Å². The molecule has 32 heteroatoms. The molecule has 6 heterocycles. The van der Waals surface area contributed by atoms with Gasteiger partial charge in [0.2, 0.25) is 19.0 Å². The number of amides is 1. The number of alkyl halides is 6. The number of carbonyl (C=O) groups excluding carboxylic acids is 1. The Morgan fingerprint density at radius 1 is 0.676 bits per heavy atom. The molecule has 0 spiro atoms. The fraction of sp³-hybridized carbons (Fsp3) is 0.400. The van der Waals surface area contributed by atoms with Crippen LogP contribution < -0.4 is 20.9 Å². The summed E-state index contributed by atoms with van der Waals surface area (Å²) in [6, 6.07) is 20.1. The first-order chi connectivity index (χ1) is 45.2. The quantitative estimate of drug-likeness (QED) is 0.0413. The summed E-state index contributed by atoms with van der Waals surface area (Å²) in [4.78, 5) is 57.0. The fourth-order valence-electron chi connectivity index (χ4n) is 10.5. The van der Waals surface area contributed by atoms with Crippen molar-refractivity contribution in [2.75, 3.05) is 84.8 Å². The van der Waals surface area contributed by atoms with E-state index >= 15 is 8.78 Å². The van der Waals surface area contributed by atoms with Crippen molar-refractivity contribution in [3.63, 3.8) is 0 Å². The highest BCUT2D eigenvalue weighted by Gasteiger charge is 2.44. The maximum Gasteiger partial charge on any atom is 0.328 e. The number of aliphatic carboxylic acids is 1. The number of carboxylic acids is 1. The lowest BCUT2D eigenvalue weighted by Gasteiger charge is -2.22. The largest absolute Gasteiger partial charge is 0.478 e. The summed E-state index contributed by atoms with van der Waals surface area (Å²) in [5, 5.41) is 12.2. The van der Waals surface area contributed by atoms with E-state index in [1.165, 1.54) is 47.2 Å². The molecule has 0 saturated carbocycles. The number of hydrogen-bond donors (Lipinski definition) is 3. The first kappa shape index (κ1) is 96.4. The molecule has 2 aliphatic heterocycles. The van der Waals surface area contributed by atoms with Crippen LogP contribution >= 0.6 is 77.2 Å². The lowest BCUT2D eigenvalue weighted by atomic mass is 10.0. The number of fused-ring (bicyclic) bond motifs is 4. The zero-order valence-electron chi connectivity index (χ0n) is 54.8. The maximum atomic E-state index is 15.7. The van der Waals surface area contributed by atoms with Crippen LogP contribution in [-0.2, 0) is 9.59 Å². The number of anilines is 2. The second kappa shape index (κ2) is 45.4. The van der Waals surface area contributed by atoms with E-state index in [0.717, 1.165) is 22.9 Å². The van der Waals surface area contributed by atoms with Crippen molar-refractivity contribution in [2.24, 2.45) is 5.92 Å². The normalized spacial score (nSPS) is 15.2. The minimum absolute atomic E-state index is 0. The van der Waals surface area contributed by atoms with Crippen LogP contribution in [0.3, 0.4) is 0 Å². The topological polar surface area (TPSA) is 221 Å². The van der Waals surface area contributed by atoms with E-state index in [4.69, 9.17) is 62.4 Å². The molecular formula is C70H91Cl2F8N13O5S4. The molecule has 560 valence electrons. The first-order valence-corrected chi connectivity index (χ1v) is 30.6. The van der Waals surface area contributed by atoms with Gasteiger partial charge in [-0.2, -0.15) is 73.9 Å². The first-order valence-electron chi connectivity index (χ1n) is 29.9. The molecule has 1 amide bonds. The molecular weight excluding hydrogens is 1450 g/mol. The summed E-state index contributed by atoms with van der Waals surface area (Å²) < 4.78 is 120. The molecule has 18 nitrogen and oxygen atoms in total. The maximum absolute atomic E-state index is 15.7. The van der Waals surface area contributed by atoms with Crippen LogP contribution in [0, 0.1) is 30.7 Å². The number of carbonyl (C=O) groups is 2. The van der Waals surface area contributed by atoms with Crippen LogP contribution in [0.2, 0.25) is 10.0 Å². The number of nitrogen functional groups attached to an aromatic ring is 2. The third kappa shape index (κ3) is 26.2. The van der Waals surface area contributed by atoms with Crippen LogP contribution in [0.15, 0.2) is 109 Å². The Morgan fingerprint density at radius 2 is 1.07 bits per heavy atom. The van der Waals surface area contributed by atoms with E-state index < -0.39 is 54.9 Å². The van der Waals surface area contributed by atoms with Gasteiger partial charge in [0.15, 0.2) is 11.6 Å². The van der Waals surface area contributed by atoms with E-state index in [2.05, 4.69) is 53.4 Å². The summed E-state index contributed by atoms with van der Waals surface area (Å²) in [5.41, 5.74) is 13.0. The predicted octanol–water partition coefficient (Wildman–Crippen LogP) is 16.8. The van der Waals surface area contributed by atoms with E-state index in [1.807, 2.05) is 50.2 Å². The number of likely N-dealkylation sites (tertiary alicyclic amines) is 2. The van der Waals surface area contributed by atoms with Gasteiger partial charge < -0.3 is 40.6 Å². The number of pyridine rings is 2. The standard InChI is InChI=1S/2C23H19ClF3N5O.C10H15FN2O.C7H13N.C4H5FO2.3CH4.4H2S/c2*1-32-11-23(26,27)8-13(32)10-33-22-30-20-15(21(28)31-22)9-29-19(18(20)25)14-6-2-4-12-5-3-7-16(24)17(12)14;1-4-13(9(2)8-12-3)10(14)6-5-7-11;1-4-5-7(2)6-8-3;5-3-1-2-4(6)7;;;;;;;/h2*2-7,9,13H,8,10-11H2,1H3,(H2,28,30,31);5-6,9H,4,7-8H2,1-2H3;7H,4-6H2,1-2H3;1-2H,3H2,(H,6,7);3*1H4;4*1H2/b;;6-5+;;2-1+;;;;;;;/t2*13-;9-;7-;;;;;;;;/m0010......../s1. The third-order valence-electron chi connectivity index (χ3n) is 15.1. The number of carboxylic acid groups (broad SMARTS) is 1. The Labute approximate surface area is 629 Å². The molecule has 10 rings (SSSR count). The highest BCUT2D eigenvalue weighted by atomic mass is 35.5. The molecule has 0 unspecified atom stereocenters. The van der Waals surface area contributed by atoms with Gasteiger partial charge in [0, 0.05) is 93.9 Å². The summed E-state index contributed by atoms with van der Waals surface area (Å²) in [5.74, 6) is -7.75. The van der Waals surface area contributed by atoms with Gasteiger partial charge in [-0.05, 0) is 69.4 Å². The van der Waals surface area contributed by atoms with Gasteiger partial charge in [-0.3, -0.25) is 24.6 Å². The number of likely N-dealkylation sites (N-methyl/N-ethyl adjacent to an activating group) is 3. The Morgan fingerprint density at radius 3 is 1.40 bits per heavy atom. The Bertz CT molecular complexity index is 3930. The molecule has 8 aromatic rings. The Hall–Kier alpha value is -7.68. The van der Waals surface area contributed by atoms with Crippen LogP contribution in [0.1, 0.15) is 75.7 Å². The molecule has 4 atom stereocenters. The lowest BCUT2D eigenvalue weighted by molar-refractivity contribution is -0.131. The second-order valence-electron chi connectivity index (χ2n) is 22.3. The summed E-state index contributed by atoms with van der Waals surface area (Å²) in [7, 11) is 3.19. The van der Waals surface area contributed by atoms with E-state index in [0.29, 0.717) is 51.0 Å². The average Bonchev–Trinajstić information content (AvgIpc) is 0.974. The molecule has 2 fully saturated rings. The van der Waals surface area contributed by atoms with Crippen LogP contribution in [0.5, 0.6) is 12.0 Å². The molecule has 102 heavy (non-hydrogen) atoms. The van der Waals surface area contributed by atoms with Crippen molar-refractivity contribution >= 4 is 144 Å². The second-order valence-corrected chi connectivity index (χ2v) is 23.1. The Kier molecular flexibility index (Phi) is 42.9. The zero-order valence-corrected chi connectivity index (χ0v) is 60.3. The monoisotopic (exact) mass is 1540 g/mol. The minimum Gasteiger partial charge on any atom is -0.478 e. The number of allylic oxidation sites excluding steroid dienone is 2. The molecule has 2 saturated heterocycles. The molecule has 0 bridgehead atoms. The number of hydrogen-bond acceptors (Lipinski definition) is 14. The molecule has 5 N–H and O–H groups in total. The third-order valence-corrected chi connectivity index (χ3v) is 15.7. The molecule has 0 radical (unpaired) electrons. The highest BCUT2D eigenvalue weighted by Crippen LogP contribution is 2.39. The van der Waals surface area contributed by atoms with Gasteiger partial charge in [-0.1, -0.05) is 126 Å². The van der Waals surface area contributed by atoms with Crippen LogP contribution in [0.25, 0.3) is 75.6 Å². The predicted molar refractivity (Wildman–Crippen MR) is 416 cm³/mol. The van der Waals surface area contributed by atoms with Gasteiger partial charge >= 0.3 is 18.0 Å². The van der Waals surface area contributed by atoms with Gasteiger partial charge in [-0.15, -0.1) is 0 Å². The van der Waals surface area contributed by atoms with Gasteiger partial charge in [0.1, 0.15) is 66.7 Å². The van der Waals surface area contributed by atoms with Crippen molar-refractivity contribution in [1.82, 2.24) is 44.6 Å². The van der Waals surface area contributed by atoms with Crippen LogP contribution in [0.4, 0.5) is 46.8 Å². The molecule has 4 aromatic carbocycles. The highest BCUT2D eigenvalue weighted by molar-refractivity contribution is 7.59. The number of nitrogens with zero attached hydrogens (tertiary/aromatic N) is 11. The van der Waals surface area contributed by atoms with E-state index in [9.17, 15) is 35.9 Å². The van der Waals surface area contributed by atoms with E-state index in [-0.39, 0.29) is 191 Å². The van der Waals surface area contributed by atoms with Gasteiger partial charge in [-0.25, -0.2) is 53.1 Å².